The quantitative estimate of drug-likeness (QED) is 0.271. The number of amides is 1. The molecule has 0 saturated carbocycles. The first-order valence-corrected chi connectivity index (χ1v) is 10.1. The van der Waals surface area contributed by atoms with Crippen molar-refractivity contribution < 1.29 is 9.53 Å². The maximum atomic E-state index is 12.5. The first-order valence-electron chi connectivity index (χ1n) is 9.01. The van der Waals surface area contributed by atoms with Crippen LogP contribution in [0.25, 0.3) is 6.08 Å². The summed E-state index contributed by atoms with van der Waals surface area (Å²) in [6, 6.07) is 24.8. The first kappa shape index (κ1) is 20.6. The summed E-state index contributed by atoms with van der Waals surface area (Å²) in [4.78, 5) is 12.5. The van der Waals surface area contributed by atoms with E-state index in [4.69, 9.17) is 4.74 Å². The molecule has 3 aromatic rings. The zero-order valence-corrected chi connectivity index (χ0v) is 18.0. The molecule has 0 aliphatic rings. The highest BCUT2D eigenvalue weighted by Gasteiger charge is 2.11. The van der Waals surface area contributed by atoms with Crippen LogP contribution in [-0.2, 0) is 11.4 Å². The average molecular weight is 494 g/mol. The summed E-state index contributed by atoms with van der Waals surface area (Å²) in [6.07, 6.45) is 1.55. The highest BCUT2D eigenvalue weighted by atomic mass is 127. The van der Waals surface area contributed by atoms with Crippen molar-refractivity contribution in [1.82, 2.24) is 0 Å². The van der Waals surface area contributed by atoms with E-state index in [0.29, 0.717) is 23.6 Å². The Kier molecular flexibility index (Phi) is 7.04. The SMILES string of the molecule is Cc1ccc(NC(=O)/C(C#N)=C/c2ccccc2OCc2ccc(I)cc2)cc1. The van der Waals surface area contributed by atoms with E-state index in [2.05, 4.69) is 27.9 Å². The standard InChI is InChI=1S/C24H19IN2O2/c1-17-6-12-22(13-7-17)27-24(28)20(15-26)14-19-4-2-3-5-23(19)29-16-18-8-10-21(25)11-9-18/h2-14H,16H2,1H3,(H,27,28)/b20-14+. The number of nitriles is 1. The van der Waals surface area contributed by atoms with E-state index in [-0.39, 0.29) is 5.57 Å². The van der Waals surface area contributed by atoms with Crippen LogP contribution in [0.5, 0.6) is 5.75 Å². The van der Waals surface area contributed by atoms with Gasteiger partial charge in [-0.3, -0.25) is 4.79 Å². The van der Waals surface area contributed by atoms with Crippen LogP contribution in [0.4, 0.5) is 5.69 Å². The highest BCUT2D eigenvalue weighted by molar-refractivity contribution is 14.1. The monoisotopic (exact) mass is 494 g/mol. The van der Waals surface area contributed by atoms with Crippen molar-refractivity contribution in [1.29, 1.82) is 5.26 Å². The Morgan fingerprint density at radius 1 is 1.07 bits per heavy atom. The molecule has 0 fully saturated rings. The largest absolute Gasteiger partial charge is 0.488 e. The molecule has 0 unspecified atom stereocenters. The lowest BCUT2D eigenvalue weighted by Crippen LogP contribution is -2.13. The zero-order chi connectivity index (χ0) is 20.6. The predicted octanol–water partition coefficient (Wildman–Crippen LogP) is 5.72. The molecule has 0 spiro atoms. The number of hydrogen-bond acceptors (Lipinski definition) is 3. The van der Waals surface area contributed by atoms with Gasteiger partial charge < -0.3 is 10.1 Å². The Morgan fingerprint density at radius 3 is 2.45 bits per heavy atom. The van der Waals surface area contributed by atoms with Crippen molar-refractivity contribution in [3.05, 3.63) is 98.6 Å². The Bertz CT molecular complexity index is 1070. The average Bonchev–Trinajstić information content (AvgIpc) is 2.74. The molecule has 1 N–H and O–H groups in total. The van der Waals surface area contributed by atoms with Crippen LogP contribution >= 0.6 is 22.6 Å². The molecule has 0 saturated heterocycles. The minimum absolute atomic E-state index is 0.0101. The highest BCUT2D eigenvalue weighted by Crippen LogP contribution is 2.23. The maximum Gasteiger partial charge on any atom is 0.266 e. The van der Waals surface area contributed by atoms with Crippen molar-refractivity contribution in [3.63, 3.8) is 0 Å². The third-order valence-electron chi connectivity index (χ3n) is 4.20. The van der Waals surface area contributed by atoms with Gasteiger partial charge in [0, 0.05) is 14.8 Å². The Morgan fingerprint density at radius 2 is 1.76 bits per heavy atom. The fraction of sp³-hybridized carbons (Fsp3) is 0.0833. The molecule has 1 amide bonds. The number of nitrogens with zero attached hydrogens (tertiary/aromatic N) is 1. The van der Waals surface area contributed by atoms with Crippen LogP contribution in [0.1, 0.15) is 16.7 Å². The molecule has 0 atom stereocenters. The molecule has 0 aromatic heterocycles. The molecule has 0 aliphatic carbocycles. The van der Waals surface area contributed by atoms with E-state index >= 15 is 0 Å². The van der Waals surface area contributed by atoms with Crippen LogP contribution in [0.2, 0.25) is 0 Å². The van der Waals surface area contributed by atoms with Gasteiger partial charge in [0.1, 0.15) is 24.0 Å². The molecule has 0 bridgehead atoms. The Hall–Kier alpha value is -3.11. The van der Waals surface area contributed by atoms with Crippen molar-refractivity contribution in [3.8, 4) is 11.8 Å². The van der Waals surface area contributed by atoms with Gasteiger partial charge in [0.05, 0.1) is 0 Å². The summed E-state index contributed by atoms with van der Waals surface area (Å²) in [5.41, 5.74) is 3.47. The number of hydrogen-bond donors (Lipinski definition) is 1. The Labute approximate surface area is 184 Å². The van der Waals surface area contributed by atoms with Crippen molar-refractivity contribution in [2.24, 2.45) is 0 Å². The van der Waals surface area contributed by atoms with Crippen molar-refractivity contribution >= 4 is 40.3 Å². The van der Waals surface area contributed by atoms with E-state index in [0.717, 1.165) is 14.7 Å². The maximum absolute atomic E-state index is 12.5. The third kappa shape index (κ3) is 5.93. The minimum Gasteiger partial charge on any atom is -0.488 e. The van der Waals surface area contributed by atoms with Crippen LogP contribution < -0.4 is 10.1 Å². The molecule has 3 rings (SSSR count). The number of carbonyl (C=O) groups is 1. The molecule has 0 heterocycles. The second-order valence-corrected chi connectivity index (χ2v) is 7.69. The van der Waals surface area contributed by atoms with Gasteiger partial charge in [-0.25, -0.2) is 0 Å². The number of halogens is 1. The molecular weight excluding hydrogens is 475 g/mol. The molecule has 4 nitrogen and oxygen atoms in total. The van der Waals surface area contributed by atoms with Gasteiger partial charge in [-0.1, -0.05) is 48.0 Å². The van der Waals surface area contributed by atoms with Gasteiger partial charge in [-0.15, -0.1) is 0 Å². The minimum atomic E-state index is -0.455. The molecular formula is C24H19IN2O2. The molecule has 3 aromatic carbocycles. The van der Waals surface area contributed by atoms with Gasteiger partial charge in [0.2, 0.25) is 0 Å². The summed E-state index contributed by atoms with van der Waals surface area (Å²) in [7, 11) is 0. The van der Waals surface area contributed by atoms with Crippen LogP contribution in [0.3, 0.4) is 0 Å². The van der Waals surface area contributed by atoms with E-state index in [9.17, 15) is 10.1 Å². The number of aryl methyl sites for hydroxylation is 1. The summed E-state index contributed by atoms with van der Waals surface area (Å²) < 4.78 is 7.09. The predicted molar refractivity (Wildman–Crippen MR) is 123 cm³/mol. The Balaban J connectivity index is 1.76. The van der Waals surface area contributed by atoms with Gasteiger partial charge in [-0.2, -0.15) is 5.26 Å². The van der Waals surface area contributed by atoms with E-state index < -0.39 is 5.91 Å². The number of anilines is 1. The molecule has 29 heavy (non-hydrogen) atoms. The normalized spacial score (nSPS) is 10.9. The number of rotatable bonds is 6. The van der Waals surface area contributed by atoms with Crippen LogP contribution in [0.15, 0.2) is 78.4 Å². The fourth-order valence-corrected chi connectivity index (χ4v) is 2.97. The van der Waals surface area contributed by atoms with Crippen molar-refractivity contribution in [2.75, 3.05) is 5.32 Å². The second kappa shape index (κ2) is 9.89. The second-order valence-electron chi connectivity index (χ2n) is 6.44. The van der Waals surface area contributed by atoms with E-state index in [1.165, 1.54) is 0 Å². The number of carbonyl (C=O) groups excluding carboxylic acids is 1. The number of para-hydroxylation sites is 1. The lowest BCUT2D eigenvalue weighted by molar-refractivity contribution is -0.112. The van der Waals surface area contributed by atoms with Crippen molar-refractivity contribution in [2.45, 2.75) is 13.5 Å². The number of benzene rings is 3. The van der Waals surface area contributed by atoms with E-state index in [1.54, 1.807) is 18.2 Å². The van der Waals surface area contributed by atoms with Gasteiger partial charge in [0.15, 0.2) is 0 Å². The molecule has 5 heteroatoms. The first-order chi connectivity index (χ1) is 14.0. The number of ether oxygens (including phenoxy) is 1. The topological polar surface area (TPSA) is 62.1 Å². The number of nitrogens with one attached hydrogen (secondary N) is 1. The lowest BCUT2D eigenvalue weighted by atomic mass is 10.1. The lowest BCUT2D eigenvalue weighted by Gasteiger charge is -2.10. The third-order valence-corrected chi connectivity index (χ3v) is 4.92. The van der Waals surface area contributed by atoms with Crippen LogP contribution in [0, 0.1) is 21.8 Å². The smallest absolute Gasteiger partial charge is 0.266 e. The van der Waals surface area contributed by atoms with Gasteiger partial charge >= 0.3 is 0 Å². The molecule has 0 radical (unpaired) electrons. The molecule has 0 aliphatic heterocycles. The van der Waals surface area contributed by atoms with Crippen LogP contribution in [-0.4, -0.2) is 5.91 Å². The zero-order valence-electron chi connectivity index (χ0n) is 15.9. The van der Waals surface area contributed by atoms with Gasteiger partial charge in [0.25, 0.3) is 5.91 Å². The van der Waals surface area contributed by atoms with Gasteiger partial charge in [-0.05, 0) is 71.5 Å². The summed E-state index contributed by atoms with van der Waals surface area (Å²) >= 11 is 2.26. The fourth-order valence-electron chi connectivity index (χ4n) is 2.61. The molecule has 144 valence electrons. The van der Waals surface area contributed by atoms with E-state index in [1.807, 2.05) is 73.7 Å². The summed E-state index contributed by atoms with van der Waals surface area (Å²) in [5, 5.41) is 12.2. The summed E-state index contributed by atoms with van der Waals surface area (Å²) in [6.45, 7) is 2.37. The summed E-state index contributed by atoms with van der Waals surface area (Å²) in [5.74, 6) is 0.158.